The largest absolute Gasteiger partial charge is 0.379 e. The topological polar surface area (TPSA) is 88.8 Å². The highest BCUT2D eigenvalue weighted by atomic mass is 127. The van der Waals surface area contributed by atoms with Crippen LogP contribution in [0.1, 0.15) is 50.2 Å². The first-order valence-corrected chi connectivity index (χ1v) is 11.5. The summed E-state index contributed by atoms with van der Waals surface area (Å²) < 4.78 is 13.7. The predicted octanol–water partition coefficient (Wildman–Crippen LogP) is 1.60. The summed E-state index contributed by atoms with van der Waals surface area (Å²) in [7, 11) is 1.99. The maximum atomic E-state index is 6.21. The third-order valence-corrected chi connectivity index (χ3v) is 6.73. The van der Waals surface area contributed by atoms with E-state index in [9.17, 15) is 0 Å². The number of nitrogens with one attached hydrogen (secondary N) is 2. The first kappa shape index (κ1) is 24.7. The van der Waals surface area contributed by atoms with Gasteiger partial charge in [0.2, 0.25) is 0 Å². The van der Waals surface area contributed by atoms with E-state index in [-0.39, 0.29) is 29.6 Å². The molecule has 1 aliphatic carbocycles. The zero-order chi connectivity index (χ0) is 20.8. The monoisotopic (exact) mass is 547 g/mol. The third-order valence-electron chi connectivity index (χ3n) is 6.73. The van der Waals surface area contributed by atoms with Crippen LogP contribution in [-0.2, 0) is 23.1 Å². The minimum Gasteiger partial charge on any atom is -0.379 e. The number of ether oxygens (including phenoxy) is 2. The van der Waals surface area contributed by atoms with Crippen molar-refractivity contribution in [2.75, 3.05) is 46.0 Å². The lowest BCUT2D eigenvalue weighted by atomic mass is 9.89. The summed E-state index contributed by atoms with van der Waals surface area (Å²) in [6.07, 6.45) is 7.06. The summed E-state index contributed by atoms with van der Waals surface area (Å²) in [6.45, 7) is 8.82. The van der Waals surface area contributed by atoms with Gasteiger partial charge in [0, 0.05) is 45.9 Å². The first-order valence-electron chi connectivity index (χ1n) is 11.5. The third kappa shape index (κ3) is 6.75. The molecular formula is C21H38IN7O2. The molecule has 2 aliphatic heterocycles. The summed E-state index contributed by atoms with van der Waals surface area (Å²) in [5.74, 6) is 2.65. The van der Waals surface area contributed by atoms with Crippen LogP contribution in [0.15, 0.2) is 4.99 Å². The highest BCUT2D eigenvalue weighted by Gasteiger charge is 2.40. The molecule has 1 saturated carbocycles. The van der Waals surface area contributed by atoms with Crippen molar-refractivity contribution in [3.05, 3.63) is 11.6 Å². The van der Waals surface area contributed by atoms with Crippen molar-refractivity contribution in [2.45, 2.75) is 63.6 Å². The van der Waals surface area contributed by atoms with Gasteiger partial charge in [0.1, 0.15) is 12.4 Å². The molecule has 1 atom stereocenters. The van der Waals surface area contributed by atoms with Crippen molar-refractivity contribution < 1.29 is 9.47 Å². The molecule has 176 valence electrons. The lowest BCUT2D eigenvalue weighted by molar-refractivity contribution is -0.0815. The van der Waals surface area contributed by atoms with E-state index in [0.29, 0.717) is 12.6 Å². The number of halogens is 1. The van der Waals surface area contributed by atoms with Crippen LogP contribution in [0.25, 0.3) is 0 Å². The highest BCUT2D eigenvalue weighted by Crippen LogP contribution is 2.39. The Hall–Kier alpha value is -0.980. The molecule has 0 bridgehead atoms. The molecule has 1 aromatic rings. The second kappa shape index (κ2) is 11.8. The molecule has 10 heteroatoms. The predicted molar refractivity (Wildman–Crippen MR) is 131 cm³/mol. The Morgan fingerprint density at radius 1 is 1.19 bits per heavy atom. The van der Waals surface area contributed by atoms with Crippen LogP contribution in [-0.4, -0.2) is 83.3 Å². The van der Waals surface area contributed by atoms with Crippen molar-refractivity contribution in [1.29, 1.82) is 0 Å². The molecule has 2 saturated heterocycles. The maximum Gasteiger partial charge on any atom is 0.191 e. The Bertz CT molecular complexity index is 715. The number of guanidine groups is 1. The number of aromatic nitrogens is 3. The lowest BCUT2D eigenvalue weighted by Gasteiger charge is -2.39. The van der Waals surface area contributed by atoms with Gasteiger partial charge in [-0.05, 0) is 32.6 Å². The molecule has 0 radical (unpaired) electrons. The van der Waals surface area contributed by atoms with E-state index in [1.807, 2.05) is 18.5 Å². The van der Waals surface area contributed by atoms with E-state index in [1.165, 1.54) is 25.7 Å². The number of aryl methyl sites for hydroxylation is 1. The molecule has 0 aromatic carbocycles. The molecule has 3 heterocycles. The maximum absolute atomic E-state index is 6.21. The van der Waals surface area contributed by atoms with Gasteiger partial charge in [-0.25, -0.2) is 4.99 Å². The average molecular weight is 547 g/mol. The first-order chi connectivity index (χ1) is 14.6. The molecule has 2 N–H and O–H groups in total. The van der Waals surface area contributed by atoms with Crippen molar-refractivity contribution in [3.63, 3.8) is 0 Å². The second-order valence-corrected chi connectivity index (χ2v) is 8.84. The van der Waals surface area contributed by atoms with Crippen molar-refractivity contribution in [1.82, 2.24) is 30.3 Å². The van der Waals surface area contributed by atoms with Crippen LogP contribution >= 0.6 is 24.0 Å². The van der Waals surface area contributed by atoms with Crippen molar-refractivity contribution >= 4 is 29.9 Å². The number of nitrogens with zero attached hydrogens (tertiary/aromatic N) is 5. The minimum atomic E-state index is 0. The molecule has 1 spiro atoms. The van der Waals surface area contributed by atoms with Crippen LogP contribution in [0.2, 0.25) is 0 Å². The summed E-state index contributed by atoms with van der Waals surface area (Å²) in [5.41, 5.74) is 0.0928. The highest BCUT2D eigenvalue weighted by molar-refractivity contribution is 14.0. The van der Waals surface area contributed by atoms with Gasteiger partial charge in [-0.1, -0.05) is 12.8 Å². The van der Waals surface area contributed by atoms with Gasteiger partial charge in [0.05, 0.1) is 18.8 Å². The molecule has 1 aromatic heterocycles. The van der Waals surface area contributed by atoms with Crippen LogP contribution in [0, 0.1) is 6.92 Å². The Kier molecular flexibility index (Phi) is 9.35. The van der Waals surface area contributed by atoms with E-state index in [4.69, 9.17) is 14.5 Å². The normalized spacial score (nSPS) is 24.2. The fourth-order valence-corrected chi connectivity index (χ4v) is 4.76. The van der Waals surface area contributed by atoms with Gasteiger partial charge in [-0.15, -0.1) is 34.2 Å². The van der Waals surface area contributed by atoms with E-state index >= 15 is 0 Å². The second-order valence-electron chi connectivity index (χ2n) is 8.84. The average Bonchev–Trinajstić information content (AvgIpc) is 3.33. The molecule has 9 nitrogen and oxygen atoms in total. The van der Waals surface area contributed by atoms with Gasteiger partial charge in [-0.3, -0.25) is 4.90 Å². The summed E-state index contributed by atoms with van der Waals surface area (Å²) in [5, 5.41) is 15.7. The number of hydrogen-bond donors (Lipinski definition) is 2. The van der Waals surface area contributed by atoms with E-state index in [1.54, 1.807) is 0 Å². The van der Waals surface area contributed by atoms with Gasteiger partial charge in [-0.2, -0.15) is 0 Å². The van der Waals surface area contributed by atoms with E-state index in [0.717, 1.165) is 76.4 Å². The fraction of sp³-hybridized carbons (Fsp3) is 0.857. The van der Waals surface area contributed by atoms with Crippen molar-refractivity contribution in [2.24, 2.45) is 12.0 Å². The molecular weight excluding hydrogens is 509 g/mol. The number of aliphatic imine (C=N–C) groups is 1. The molecule has 3 aliphatic rings. The smallest absolute Gasteiger partial charge is 0.191 e. The standard InChI is InChI=1S/C21H37N7O2.HI/c1-17-25-26-19(27(17)2)16-23-20(22-8-9-28-10-13-29-14-11-28)24-18-5-12-30-21(15-18)6-3-4-7-21;/h18H,3-16H2,1-2H3,(H2,22,23,24);1H. The summed E-state index contributed by atoms with van der Waals surface area (Å²) >= 11 is 0. The Labute approximate surface area is 202 Å². The molecule has 3 fully saturated rings. The Balaban J connectivity index is 0.00000272. The van der Waals surface area contributed by atoms with Gasteiger partial charge >= 0.3 is 0 Å². The summed E-state index contributed by atoms with van der Waals surface area (Å²) in [4.78, 5) is 7.28. The fourth-order valence-electron chi connectivity index (χ4n) is 4.76. The van der Waals surface area contributed by atoms with Crippen LogP contribution in [0.4, 0.5) is 0 Å². The van der Waals surface area contributed by atoms with Crippen molar-refractivity contribution in [3.8, 4) is 0 Å². The van der Waals surface area contributed by atoms with Crippen LogP contribution in [0.3, 0.4) is 0 Å². The molecule has 0 amide bonds. The number of rotatable bonds is 6. The van der Waals surface area contributed by atoms with Gasteiger partial charge < -0.3 is 24.7 Å². The number of hydrogen-bond acceptors (Lipinski definition) is 6. The summed E-state index contributed by atoms with van der Waals surface area (Å²) in [6, 6.07) is 0.396. The Morgan fingerprint density at radius 3 is 2.68 bits per heavy atom. The molecule has 31 heavy (non-hydrogen) atoms. The van der Waals surface area contributed by atoms with E-state index in [2.05, 4.69) is 25.7 Å². The number of morpholine rings is 1. The SMILES string of the molecule is Cc1nnc(CN=C(NCCN2CCOCC2)NC2CCOC3(CCCC3)C2)n1C.I. The quantitative estimate of drug-likeness (QED) is 0.318. The zero-order valence-electron chi connectivity index (χ0n) is 18.9. The Morgan fingerprint density at radius 2 is 1.97 bits per heavy atom. The van der Waals surface area contributed by atoms with E-state index < -0.39 is 0 Å². The van der Waals surface area contributed by atoms with Crippen LogP contribution < -0.4 is 10.6 Å². The minimum absolute atomic E-state index is 0. The van der Waals surface area contributed by atoms with Gasteiger partial charge in [0.25, 0.3) is 0 Å². The lowest BCUT2D eigenvalue weighted by Crippen LogP contribution is -2.51. The zero-order valence-corrected chi connectivity index (χ0v) is 21.3. The van der Waals surface area contributed by atoms with Crippen LogP contribution in [0.5, 0.6) is 0 Å². The molecule has 1 unspecified atom stereocenters. The van der Waals surface area contributed by atoms with Gasteiger partial charge in [0.15, 0.2) is 11.8 Å². The molecule has 4 rings (SSSR count).